The predicted octanol–water partition coefficient (Wildman–Crippen LogP) is 5.58. The standard InChI is InChI=1S/C31H38FN5O2/c1-6-22(3)30(33-24-12-14-25(15-13-24)36-19-17-35(4)18-20-36)34-31-23(7-2)11-16-29(38)37(31)21-26-27(32)9-8-10-28(26)39-5/h7-16,33H,6,17-21H2,1-5H3/b23-7-,30-22+,34-31+. The first-order valence-corrected chi connectivity index (χ1v) is 13.4. The van der Waals surface area contributed by atoms with E-state index in [2.05, 4.69) is 53.4 Å². The maximum atomic E-state index is 14.8. The van der Waals surface area contributed by atoms with E-state index in [1.165, 1.54) is 29.8 Å². The van der Waals surface area contributed by atoms with E-state index >= 15 is 0 Å². The fourth-order valence-electron chi connectivity index (χ4n) is 4.59. The van der Waals surface area contributed by atoms with Crippen LogP contribution in [0.3, 0.4) is 0 Å². The third-order valence-corrected chi connectivity index (χ3v) is 7.26. The summed E-state index contributed by atoms with van der Waals surface area (Å²) in [5, 5.41) is 3.47. The average molecular weight is 532 g/mol. The third kappa shape index (κ3) is 6.57. The molecule has 0 atom stereocenters. The number of piperazine rings is 1. The lowest BCUT2D eigenvalue weighted by molar-refractivity contribution is -0.123. The first-order chi connectivity index (χ1) is 18.8. The summed E-state index contributed by atoms with van der Waals surface area (Å²) in [5.74, 6) is 0.803. The van der Waals surface area contributed by atoms with Gasteiger partial charge in [0.2, 0.25) is 0 Å². The second kappa shape index (κ2) is 12.8. The summed E-state index contributed by atoms with van der Waals surface area (Å²) in [5.41, 5.74) is 4.21. The van der Waals surface area contributed by atoms with E-state index in [1.807, 2.05) is 19.9 Å². The molecule has 2 aliphatic heterocycles. The number of rotatable bonds is 8. The number of halogens is 1. The highest BCUT2D eigenvalue weighted by Gasteiger charge is 2.27. The van der Waals surface area contributed by atoms with Crippen LogP contribution in [0.2, 0.25) is 0 Å². The van der Waals surface area contributed by atoms with Crippen molar-refractivity contribution < 1.29 is 13.9 Å². The summed E-state index contributed by atoms with van der Waals surface area (Å²) in [6, 6.07) is 13.0. The zero-order valence-electron chi connectivity index (χ0n) is 23.5. The van der Waals surface area contributed by atoms with Gasteiger partial charge in [0, 0.05) is 54.8 Å². The van der Waals surface area contributed by atoms with Crippen molar-refractivity contribution in [2.24, 2.45) is 4.99 Å². The number of amidine groups is 1. The Kier molecular flexibility index (Phi) is 9.19. The minimum atomic E-state index is -0.433. The highest BCUT2D eigenvalue weighted by atomic mass is 19.1. The van der Waals surface area contributed by atoms with Crippen LogP contribution >= 0.6 is 0 Å². The summed E-state index contributed by atoms with van der Waals surface area (Å²) in [6.07, 6.45) is 5.91. The van der Waals surface area contributed by atoms with Gasteiger partial charge in [-0.25, -0.2) is 9.38 Å². The topological polar surface area (TPSA) is 60.4 Å². The molecule has 1 fully saturated rings. The highest BCUT2D eigenvalue weighted by Crippen LogP contribution is 2.27. The molecule has 2 aromatic rings. The van der Waals surface area contributed by atoms with Gasteiger partial charge in [0.15, 0.2) is 0 Å². The van der Waals surface area contributed by atoms with Gasteiger partial charge < -0.3 is 19.9 Å². The number of likely N-dealkylation sites (N-methyl/N-ethyl adjacent to an activating group) is 1. The zero-order valence-corrected chi connectivity index (χ0v) is 23.5. The van der Waals surface area contributed by atoms with Crippen LogP contribution in [0.4, 0.5) is 15.8 Å². The Morgan fingerprint density at radius 1 is 1.10 bits per heavy atom. The number of amides is 1. The van der Waals surface area contributed by atoms with Crippen molar-refractivity contribution in [3.8, 4) is 5.75 Å². The largest absolute Gasteiger partial charge is 0.496 e. The van der Waals surface area contributed by atoms with Gasteiger partial charge in [-0.2, -0.15) is 0 Å². The Hall–Kier alpha value is -3.91. The summed E-state index contributed by atoms with van der Waals surface area (Å²) in [6.45, 7) is 10.1. The molecule has 1 N–H and O–H groups in total. The molecule has 0 radical (unpaired) electrons. The molecule has 0 aliphatic carbocycles. The molecule has 0 aromatic heterocycles. The van der Waals surface area contributed by atoms with Crippen LogP contribution in [-0.4, -0.2) is 61.9 Å². The average Bonchev–Trinajstić information content (AvgIpc) is 2.95. The smallest absolute Gasteiger partial charge is 0.252 e. The Balaban J connectivity index is 1.65. The van der Waals surface area contributed by atoms with E-state index in [1.54, 1.807) is 18.2 Å². The highest BCUT2D eigenvalue weighted by molar-refractivity contribution is 6.15. The quantitative estimate of drug-likeness (QED) is 0.482. The molecule has 0 bridgehead atoms. The number of anilines is 2. The van der Waals surface area contributed by atoms with E-state index in [9.17, 15) is 9.18 Å². The van der Waals surface area contributed by atoms with E-state index in [0.29, 0.717) is 23.0 Å². The molecule has 4 rings (SSSR count). The van der Waals surface area contributed by atoms with E-state index in [4.69, 9.17) is 9.73 Å². The molecule has 8 heteroatoms. The normalized spacial score (nSPS) is 19.1. The van der Waals surface area contributed by atoms with Gasteiger partial charge in [-0.3, -0.25) is 9.69 Å². The molecule has 39 heavy (non-hydrogen) atoms. The van der Waals surface area contributed by atoms with Gasteiger partial charge in [-0.15, -0.1) is 0 Å². The third-order valence-electron chi connectivity index (χ3n) is 7.26. The molecule has 1 amide bonds. The van der Waals surface area contributed by atoms with Crippen molar-refractivity contribution in [1.82, 2.24) is 9.80 Å². The predicted molar refractivity (Wildman–Crippen MR) is 157 cm³/mol. The summed E-state index contributed by atoms with van der Waals surface area (Å²) in [4.78, 5) is 24.3. The number of carbonyl (C=O) groups excluding carboxylic acids is 1. The molecule has 2 heterocycles. The van der Waals surface area contributed by atoms with Crippen molar-refractivity contribution in [3.05, 3.63) is 89.0 Å². The number of hydrogen-bond donors (Lipinski definition) is 1. The molecule has 7 nitrogen and oxygen atoms in total. The van der Waals surface area contributed by atoms with E-state index in [-0.39, 0.29) is 12.5 Å². The number of hydrogen-bond acceptors (Lipinski definition) is 6. The van der Waals surface area contributed by atoms with Crippen molar-refractivity contribution in [3.63, 3.8) is 0 Å². The lowest BCUT2D eigenvalue weighted by atomic mass is 10.1. The first kappa shape index (κ1) is 28.1. The Bertz CT molecular complexity index is 1300. The molecule has 2 aromatic carbocycles. The lowest BCUT2D eigenvalue weighted by Crippen LogP contribution is -2.44. The minimum Gasteiger partial charge on any atom is -0.496 e. The number of carbonyl (C=O) groups is 1. The van der Waals surface area contributed by atoms with Crippen LogP contribution in [0.25, 0.3) is 0 Å². The van der Waals surface area contributed by atoms with Gasteiger partial charge >= 0.3 is 0 Å². The van der Waals surface area contributed by atoms with Gasteiger partial charge in [-0.05, 0) is 75.4 Å². The number of nitrogens with one attached hydrogen (secondary N) is 1. The second-order valence-electron chi connectivity index (χ2n) is 9.80. The SMILES string of the molecule is C/C=C1/C=CC(=O)N(Cc2c(F)cccc2OC)/C1=N/C(Nc1ccc(N2CCN(C)CC2)cc1)=C(\C)CC. The number of benzene rings is 2. The van der Waals surface area contributed by atoms with Crippen LogP contribution < -0.4 is 15.0 Å². The van der Waals surface area contributed by atoms with Crippen LogP contribution in [0, 0.1) is 5.82 Å². The molecule has 0 saturated carbocycles. The Morgan fingerprint density at radius 2 is 1.82 bits per heavy atom. The maximum Gasteiger partial charge on any atom is 0.252 e. The second-order valence-corrected chi connectivity index (χ2v) is 9.80. The number of aliphatic imine (C=N–C) groups is 1. The van der Waals surface area contributed by atoms with Crippen molar-refractivity contribution in [2.75, 3.05) is 50.6 Å². The molecule has 2 aliphatic rings. The van der Waals surface area contributed by atoms with Crippen molar-refractivity contribution in [1.29, 1.82) is 0 Å². The lowest BCUT2D eigenvalue weighted by Gasteiger charge is -2.34. The zero-order chi connectivity index (χ0) is 27.9. The first-order valence-electron chi connectivity index (χ1n) is 13.4. The molecule has 0 spiro atoms. The van der Waals surface area contributed by atoms with Crippen LogP contribution in [0.15, 0.2) is 82.7 Å². The van der Waals surface area contributed by atoms with E-state index < -0.39 is 5.82 Å². The molecule has 206 valence electrons. The van der Waals surface area contributed by atoms with Crippen LogP contribution in [-0.2, 0) is 11.3 Å². The van der Waals surface area contributed by atoms with Gasteiger partial charge in [0.05, 0.1) is 13.7 Å². The van der Waals surface area contributed by atoms with Crippen molar-refractivity contribution in [2.45, 2.75) is 33.7 Å². The summed E-state index contributed by atoms with van der Waals surface area (Å²) in [7, 11) is 3.64. The monoisotopic (exact) mass is 531 g/mol. The number of allylic oxidation sites excluding steroid dienone is 2. The fourth-order valence-corrected chi connectivity index (χ4v) is 4.59. The molecule has 1 saturated heterocycles. The van der Waals surface area contributed by atoms with Crippen molar-refractivity contribution >= 4 is 23.1 Å². The fraction of sp³-hybridized carbons (Fsp3) is 0.355. The summed E-state index contributed by atoms with van der Waals surface area (Å²) >= 11 is 0. The number of nitrogens with zero attached hydrogens (tertiary/aromatic N) is 4. The maximum absolute atomic E-state index is 14.8. The van der Waals surface area contributed by atoms with Crippen LogP contribution in [0.5, 0.6) is 5.75 Å². The van der Waals surface area contributed by atoms with Gasteiger partial charge in [0.1, 0.15) is 23.2 Å². The molecular formula is C31H38FN5O2. The van der Waals surface area contributed by atoms with Gasteiger partial charge in [-0.1, -0.05) is 19.1 Å². The van der Waals surface area contributed by atoms with Gasteiger partial charge in [0.25, 0.3) is 5.91 Å². The Morgan fingerprint density at radius 3 is 2.46 bits per heavy atom. The molecule has 0 unspecified atom stereocenters. The number of ether oxygens (including phenoxy) is 1. The van der Waals surface area contributed by atoms with E-state index in [0.717, 1.165) is 49.4 Å². The molecular weight excluding hydrogens is 493 g/mol. The van der Waals surface area contributed by atoms with Crippen LogP contribution in [0.1, 0.15) is 32.8 Å². The summed E-state index contributed by atoms with van der Waals surface area (Å²) < 4.78 is 20.2. The minimum absolute atomic E-state index is 0.00658. The number of methoxy groups -OCH3 is 1. The Labute approximate surface area is 231 Å².